The van der Waals surface area contributed by atoms with E-state index in [-0.39, 0.29) is 23.4 Å². The first-order valence-electron chi connectivity index (χ1n) is 8.46. The smallest absolute Gasteiger partial charge is 0.412 e. The minimum atomic E-state index is -1.84. The number of carbonyl (C=O) groups is 1. The van der Waals surface area contributed by atoms with Crippen LogP contribution in [0.25, 0.3) is 0 Å². The molecule has 6 heteroatoms. The van der Waals surface area contributed by atoms with Gasteiger partial charge in [-0.1, -0.05) is 20.8 Å². The minimum absolute atomic E-state index is 0.0175. The van der Waals surface area contributed by atoms with Crippen LogP contribution in [0.5, 0.6) is 0 Å². The SMILES string of the molecule is COC1CC[C@H](CO[Si](C)(C)C(C)(C)C)N1C(=O)OC(C)(C)C. The molecular formula is C17H35NO4Si. The van der Waals surface area contributed by atoms with E-state index in [1.165, 1.54) is 0 Å². The molecule has 0 aromatic rings. The van der Waals surface area contributed by atoms with Crippen LogP contribution in [0.2, 0.25) is 18.1 Å². The first-order chi connectivity index (χ1) is 10.3. The van der Waals surface area contributed by atoms with Crippen molar-refractivity contribution in [2.24, 2.45) is 0 Å². The molecule has 5 nitrogen and oxygen atoms in total. The zero-order chi connectivity index (χ0) is 18.1. The van der Waals surface area contributed by atoms with E-state index in [9.17, 15) is 4.79 Å². The van der Waals surface area contributed by atoms with Crippen LogP contribution in [-0.2, 0) is 13.9 Å². The normalized spacial score (nSPS) is 23.3. The van der Waals surface area contributed by atoms with E-state index in [1.54, 1.807) is 12.0 Å². The summed E-state index contributed by atoms with van der Waals surface area (Å²) in [7, 11) is -0.197. The van der Waals surface area contributed by atoms with Crippen LogP contribution in [0.3, 0.4) is 0 Å². The van der Waals surface area contributed by atoms with Crippen LogP contribution in [0.1, 0.15) is 54.4 Å². The maximum Gasteiger partial charge on any atom is 0.412 e. The number of ether oxygens (including phenoxy) is 2. The second kappa shape index (κ2) is 7.11. The van der Waals surface area contributed by atoms with E-state index in [2.05, 4.69) is 33.9 Å². The number of carbonyl (C=O) groups excluding carboxylic acids is 1. The second-order valence-corrected chi connectivity index (χ2v) is 13.7. The van der Waals surface area contributed by atoms with Gasteiger partial charge in [-0.05, 0) is 51.7 Å². The molecule has 0 aliphatic carbocycles. The lowest BCUT2D eigenvalue weighted by molar-refractivity contribution is -0.0464. The molecule has 1 fully saturated rings. The van der Waals surface area contributed by atoms with Gasteiger partial charge < -0.3 is 13.9 Å². The van der Waals surface area contributed by atoms with E-state index in [4.69, 9.17) is 13.9 Å². The Morgan fingerprint density at radius 1 is 1.13 bits per heavy atom. The van der Waals surface area contributed by atoms with Gasteiger partial charge in [-0.25, -0.2) is 4.79 Å². The maximum absolute atomic E-state index is 12.5. The molecule has 1 unspecified atom stereocenters. The quantitative estimate of drug-likeness (QED) is 0.709. The first kappa shape index (κ1) is 20.5. The summed E-state index contributed by atoms with van der Waals surface area (Å²) >= 11 is 0. The first-order valence-corrected chi connectivity index (χ1v) is 11.4. The van der Waals surface area contributed by atoms with Crippen LogP contribution in [0.15, 0.2) is 0 Å². The van der Waals surface area contributed by atoms with Crippen molar-refractivity contribution in [2.75, 3.05) is 13.7 Å². The lowest BCUT2D eigenvalue weighted by Crippen LogP contribution is -2.49. The van der Waals surface area contributed by atoms with Gasteiger partial charge in [-0.15, -0.1) is 0 Å². The van der Waals surface area contributed by atoms with Gasteiger partial charge in [0.15, 0.2) is 8.32 Å². The van der Waals surface area contributed by atoms with E-state index < -0.39 is 13.9 Å². The second-order valence-electron chi connectivity index (χ2n) is 8.88. The molecule has 1 saturated heterocycles. The van der Waals surface area contributed by atoms with Crippen molar-refractivity contribution in [1.29, 1.82) is 0 Å². The van der Waals surface area contributed by atoms with Gasteiger partial charge in [-0.2, -0.15) is 0 Å². The van der Waals surface area contributed by atoms with Crippen LogP contribution in [-0.4, -0.2) is 50.9 Å². The van der Waals surface area contributed by atoms with Crippen molar-refractivity contribution in [3.8, 4) is 0 Å². The molecule has 0 bridgehead atoms. The molecule has 0 aromatic carbocycles. The summed E-state index contributed by atoms with van der Waals surface area (Å²) in [4.78, 5) is 14.3. The standard InChI is InChI=1S/C17H35NO4Si/c1-16(2,3)22-15(19)18-13(10-11-14(18)20-7)12-21-23(8,9)17(4,5)6/h13-14H,10-12H2,1-9H3/t13-,14?/m1/s1. The van der Waals surface area contributed by atoms with Gasteiger partial charge in [0.1, 0.15) is 11.8 Å². The molecule has 0 saturated carbocycles. The van der Waals surface area contributed by atoms with Gasteiger partial charge in [0.25, 0.3) is 0 Å². The Morgan fingerprint density at radius 3 is 2.13 bits per heavy atom. The third kappa shape index (κ3) is 5.47. The number of amides is 1. The summed E-state index contributed by atoms with van der Waals surface area (Å²) in [6.07, 6.45) is 1.16. The molecule has 0 aromatic heterocycles. The molecule has 1 amide bonds. The fraction of sp³-hybridized carbons (Fsp3) is 0.941. The van der Waals surface area contributed by atoms with E-state index in [0.717, 1.165) is 12.8 Å². The molecule has 0 N–H and O–H groups in total. The average molecular weight is 346 g/mol. The highest BCUT2D eigenvalue weighted by atomic mass is 28.4. The van der Waals surface area contributed by atoms with E-state index in [1.807, 2.05) is 20.8 Å². The minimum Gasteiger partial charge on any atom is -0.444 e. The number of methoxy groups -OCH3 is 1. The van der Waals surface area contributed by atoms with Crippen molar-refractivity contribution in [1.82, 2.24) is 4.90 Å². The fourth-order valence-corrected chi connectivity index (χ4v) is 3.39. The number of nitrogens with zero attached hydrogens (tertiary/aromatic N) is 1. The molecule has 23 heavy (non-hydrogen) atoms. The van der Waals surface area contributed by atoms with Crippen molar-refractivity contribution in [2.45, 2.75) is 90.4 Å². The Hall–Kier alpha value is -0.593. The van der Waals surface area contributed by atoms with E-state index in [0.29, 0.717) is 6.61 Å². The highest BCUT2D eigenvalue weighted by Crippen LogP contribution is 2.37. The Balaban J connectivity index is 2.79. The number of hydrogen-bond acceptors (Lipinski definition) is 4. The third-order valence-electron chi connectivity index (χ3n) is 4.77. The average Bonchev–Trinajstić information content (AvgIpc) is 2.75. The lowest BCUT2D eigenvalue weighted by Gasteiger charge is -2.38. The maximum atomic E-state index is 12.5. The molecule has 136 valence electrons. The Labute approximate surface area is 142 Å². The van der Waals surface area contributed by atoms with Crippen LogP contribution in [0, 0.1) is 0 Å². The monoisotopic (exact) mass is 345 g/mol. The van der Waals surface area contributed by atoms with Gasteiger partial charge in [-0.3, -0.25) is 4.90 Å². The summed E-state index contributed by atoms with van der Waals surface area (Å²) in [5.74, 6) is 0. The molecule has 1 heterocycles. The molecule has 0 spiro atoms. The summed E-state index contributed by atoms with van der Waals surface area (Å²) in [5.41, 5.74) is -0.511. The van der Waals surface area contributed by atoms with Gasteiger partial charge >= 0.3 is 6.09 Å². The predicted molar refractivity (Wildman–Crippen MR) is 95.0 cm³/mol. The largest absolute Gasteiger partial charge is 0.444 e. The summed E-state index contributed by atoms with van der Waals surface area (Å²) in [6, 6.07) is 0.0175. The van der Waals surface area contributed by atoms with Gasteiger partial charge in [0, 0.05) is 7.11 Å². The van der Waals surface area contributed by atoms with Gasteiger partial charge in [0.05, 0.1) is 12.6 Å². The zero-order valence-electron chi connectivity index (χ0n) is 16.4. The lowest BCUT2D eigenvalue weighted by atomic mass is 10.2. The zero-order valence-corrected chi connectivity index (χ0v) is 17.4. The Kier molecular flexibility index (Phi) is 6.32. The van der Waals surface area contributed by atoms with Crippen LogP contribution in [0.4, 0.5) is 4.79 Å². The molecule has 1 aliphatic heterocycles. The molecule has 0 radical (unpaired) electrons. The Morgan fingerprint density at radius 2 is 1.70 bits per heavy atom. The topological polar surface area (TPSA) is 48.0 Å². The molecule has 2 atom stereocenters. The summed E-state index contributed by atoms with van der Waals surface area (Å²) in [5, 5.41) is 0.156. The molecule has 1 aliphatic rings. The Bertz CT molecular complexity index is 412. The van der Waals surface area contributed by atoms with Crippen molar-refractivity contribution in [3.63, 3.8) is 0 Å². The third-order valence-corrected chi connectivity index (χ3v) is 9.27. The molecule has 1 rings (SSSR count). The van der Waals surface area contributed by atoms with Gasteiger partial charge in [0.2, 0.25) is 0 Å². The number of hydrogen-bond donors (Lipinski definition) is 0. The molecular weight excluding hydrogens is 310 g/mol. The van der Waals surface area contributed by atoms with Crippen LogP contribution < -0.4 is 0 Å². The highest BCUT2D eigenvalue weighted by Gasteiger charge is 2.42. The summed E-state index contributed by atoms with van der Waals surface area (Å²) in [6.45, 7) is 17.3. The summed E-state index contributed by atoms with van der Waals surface area (Å²) < 4.78 is 17.3. The van der Waals surface area contributed by atoms with E-state index >= 15 is 0 Å². The fourth-order valence-electron chi connectivity index (χ4n) is 2.35. The van der Waals surface area contributed by atoms with Crippen molar-refractivity contribution < 1.29 is 18.7 Å². The highest BCUT2D eigenvalue weighted by molar-refractivity contribution is 6.74. The number of likely N-dealkylation sites (tertiary alicyclic amines) is 1. The van der Waals surface area contributed by atoms with Crippen molar-refractivity contribution >= 4 is 14.4 Å². The van der Waals surface area contributed by atoms with Crippen LogP contribution >= 0.6 is 0 Å². The van der Waals surface area contributed by atoms with Crippen molar-refractivity contribution in [3.05, 3.63) is 0 Å². The number of rotatable bonds is 4. The predicted octanol–water partition coefficient (Wildman–Crippen LogP) is 4.38.